The molecule has 4 heteroatoms. The topological polar surface area (TPSA) is 71.1 Å². The summed E-state index contributed by atoms with van der Waals surface area (Å²) in [7, 11) is 0. The van der Waals surface area contributed by atoms with Crippen molar-refractivity contribution in [3.8, 4) is 11.8 Å². The number of nitrogens with two attached hydrogens (primary N) is 1. The van der Waals surface area contributed by atoms with Gasteiger partial charge < -0.3 is 15.8 Å². The van der Waals surface area contributed by atoms with Gasteiger partial charge >= 0.3 is 0 Å². The van der Waals surface area contributed by atoms with Crippen molar-refractivity contribution in [3.63, 3.8) is 0 Å². The van der Waals surface area contributed by atoms with Crippen LogP contribution in [-0.2, 0) is 6.54 Å². The van der Waals surface area contributed by atoms with Crippen LogP contribution in [0.15, 0.2) is 24.3 Å². The molecule has 0 aliphatic rings. The largest absolute Gasteiger partial charge is 0.478 e. The summed E-state index contributed by atoms with van der Waals surface area (Å²) in [5.41, 5.74) is 6.42. The van der Waals surface area contributed by atoms with Crippen molar-refractivity contribution in [3.05, 3.63) is 29.8 Å². The molecule has 80 valence electrons. The molecule has 0 unspecified atom stereocenters. The lowest BCUT2D eigenvalue weighted by molar-refractivity contribution is 0.362. The van der Waals surface area contributed by atoms with Gasteiger partial charge in [-0.1, -0.05) is 18.2 Å². The second-order valence-electron chi connectivity index (χ2n) is 3.02. The summed E-state index contributed by atoms with van der Waals surface area (Å²) in [6, 6.07) is 9.61. The standard InChI is InChI=1S/C11H15N3O/c12-5-7-14-9-10-3-1-2-4-11(10)15-8-6-13/h1-4,14H,5,7-9,12H2. The molecular formula is C11H15N3O. The Morgan fingerprint density at radius 2 is 2.20 bits per heavy atom. The lowest BCUT2D eigenvalue weighted by Gasteiger charge is -2.09. The number of nitriles is 1. The summed E-state index contributed by atoms with van der Waals surface area (Å²) in [6.07, 6.45) is 0. The second-order valence-corrected chi connectivity index (χ2v) is 3.02. The van der Waals surface area contributed by atoms with Crippen LogP contribution < -0.4 is 15.8 Å². The van der Waals surface area contributed by atoms with Gasteiger partial charge in [-0.2, -0.15) is 5.26 Å². The van der Waals surface area contributed by atoms with Gasteiger partial charge in [-0.15, -0.1) is 0 Å². The van der Waals surface area contributed by atoms with Crippen LogP contribution in [0.5, 0.6) is 5.75 Å². The second kappa shape index (κ2) is 6.82. The average molecular weight is 205 g/mol. The quantitative estimate of drug-likeness (QED) is 0.668. The van der Waals surface area contributed by atoms with E-state index in [-0.39, 0.29) is 6.61 Å². The molecule has 0 amide bonds. The van der Waals surface area contributed by atoms with Gasteiger partial charge in [-0.3, -0.25) is 0 Å². The molecule has 0 aromatic heterocycles. The van der Waals surface area contributed by atoms with Crippen molar-refractivity contribution >= 4 is 0 Å². The molecule has 0 aliphatic heterocycles. The molecule has 0 saturated heterocycles. The minimum Gasteiger partial charge on any atom is -0.478 e. The van der Waals surface area contributed by atoms with Crippen LogP contribution in [0.2, 0.25) is 0 Å². The van der Waals surface area contributed by atoms with Gasteiger partial charge in [0.05, 0.1) is 0 Å². The maximum absolute atomic E-state index is 8.43. The summed E-state index contributed by atoms with van der Waals surface area (Å²) in [5, 5.41) is 11.6. The molecule has 0 bridgehead atoms. The Morgan fingerprint density at radius 1 is 1.40 bits per heavy atom. The lowest BCUT2D eigenvalue weighted by atomic mass is 10.2. The van der Waals surface area contributed by atoms with Crippen LogP contribution in [0.25, 0.3) is 0 Å². The van der Waals surface area contributed by atoms with Crippen LogP contribution in [-0.4, -0.2) is 19.7 Å². The Labute approximate surface area is 89.7 Å². The molecular weight excluding hydrogens is 190 g/mol. The Kier molecular flexibility index (Phi) is 5.23. The molecule has 0 spiro atoms. The summed E-state index contributed by atoms with van der Waals surface area (Å²) in [4.78, 5) is 0. The zero-order chi connectivity index (χ0) is 10.9. The maximum Gasteiger partial charge on any atom is 0.174 e. The molecule has 0 heterocycles. The fraction of sp³-hybridized carbons (Fsp3) is 0.364. The number of hydrogen-bond acceptors (Lipinski definition) is 4. The lowest BCUT2D eigenvalue weighted by Crippen LogP contribution is -2.22. The maximum atomic E-state index is 8.43. The number of nitrogens with one attached hydrogen (secondary N) is 1. The number of rotatable bonds is 6. The minimum atomic E-state index is 0.0773. The van der Waals surface area contributed by atoms with E-state index in [4.69, 9.17) is 15.7 Å². The smallest absolute Gasteiger partial charge is 0.174 e. The third-order valence-corrected chi connectivity index (χ3v) is 1.90. The molecule has 4 nitrogen and oxygen atoms in total. The third-order valence-electron chi connectivity index (χ3n) is 1.90. The molecule has 1 rings (SSSR count). The third kappa shape index (κ3) is 3.98. The van der Waals surface area contributed by atoms with Crippen molar-refractivity contribution in [1.29, 1.82) is 5.26 Å². The van der Waals surface area contributed by atoms with Gasteiger partial charge in [0.2, 0.25) is 0 Å². The highest BCUT2D eigenvalue weighted by Crippen LogP contribution is 2.17. The first-order valence-corrected chi connectivity index (χ1v) is 4.87. The van der Waals surface area contributed by atoms with E-state index in [1.165, 1.54) is 0 Å². The first-order valence-electron chi connectivity index (χ1n) is 4.87. The van der Waals surface area contributed by atoms with E-state index in [1.54, 1.807) is 0 Å². The van der Waals surface area contributed by atoms with E-state index in [1.807, 2.05) is 30.3 Å². The van der Waals surface area contributed by atoms with Crippen molar-refractivity contribution in [1.82, 2.24) is 5.32 Å². The normalized spacial score (nSPS) is 9.60. The van der Waals surface area contributed by atoms with Crippen LogP contribution in [0, 0.1) is 11.3 Å². The van der Waals surface area contributed by atoms with Crippen LogP contribution >= 0.6 is 0 Å². The summed E-state index contributed by atoms with van der Waals surface area (Å²) in [5.74, 6) is 0.753. The van der Waals surface area contributed by atoms with Crippen LogP contribution in [0.3, 0.4) is 0 Å². The number of nitrogens with zero attached hydrogens (tertiary/aromatic N) is 1. The van der Waals surface area contributed by atoms with E-state index in [0.717, 1.165) is 17.9 Å². The van der Waals surface area contributed by atoms with Gasteiger partial charge in [-0.05, 0) is 6.07 Å². The molecule has 1 aromatic rings. The van der Waals surface area contributed by atoms with Crippen molar-refractivity contribution in [2.24, 2.45) is 5.73 Å². The predicted molar refractivity (Wildman–Crippen MR) is 58.3 cm³/mol. The molecule has 0 saturated carbocycles. The van der Waals surface area contributed by atoms with Gasteiger partial charge in [0.25, 0.3) is 0 Å². The predicted octanol–water partition coefficient (Wildman–Crippen LogP) is 0.637. The number of benzene rings is 1. The fourth-order valence-corrected chi connectivity index (χ4v) is 1.23. The molecule has 15 heavy (non-hydrogen) atoms. The molecule has 0 radical (unpaired) electrons. The molecule has 0 atom stereocenters. The highest BCUT2D eigenvalue weighted by atomic mass is 16.5. The molecule has 3 N–H and O–H groups in total. The number of para-hydroxylation sites is 1. The molecule has 0 fully saturated rings. The zero-order valence-electron chi connectivity index (χ0n) is 8.57. The molecule has 1 aromatic carbocycles. The van der Waals surface area contributed by atoms with Gasteiger partial charge in [-0.25, -0.2) is 0 Å². The monoisotopic (exact) mass is 205 g/mol. The Hall–Kier alpha value is -1.57. The van der Waals surface area contributed by atoms with Gasteiger partial charge in [0.1, 0.15) is 11.8 Å². The SMILES string of the molecule is N#CCOc1ccccc1CNCCN. The van der Waals surface area contributed by atoms with Gasteiger partial charge in [0.15, 0.2) is 6.61 Å². The summed E-state index contributed by atoms with van der Waals surface area (Å²) >= 11 is 0. The Balaban J connectivity index is 2.56. The number of hydrogen-bond donors (Lipinski definition) is 2. The fourth-order valence-electron chi connectivity index (χ4n) is 1.23. The first-order chi connectivity index (χ1) is 7.38. The van der Waals surface area contributed by atoms with E-state index in [2.05, 4.69) is 5.32 Å². The van der Waals surface area contributed by atoms with E-state index < -0.39 is 0 Å². The Morgan fingerprint density at radius 3 is 2.93 bits per heavy atom. The summed E-state index contributed by atoms with van der Waals surface area (Å²) in [6.45, 7) is 2.17. The average Bonchev–Trinajstić information content (AvgIpc) is 2.28. The highest BCUT2D eigenvalue weighted by Gasteiger charge is 2.01. The van der Waals surface area contributed by atoms with Crippen molar-refractivity contribution in [2.75, 3.05) is 19.7 Å². The summed E-state index contributed by atoms with van der Waals surface area (Å²) < 4.78 is 5.28. The first kappa shape index (κ1) is 11.5. The van der Waals surface area contributed by atoms with E-state index >= 15 is 0 Å². The minimum absolute atomic E-state index is 0.0773. The van der Waals surface area contributed by atoms with Crippen molar-refractivity contribution < 1.29 is 4.74 Å². The van der Waals surface area contributed by atoms with Gasteiger partial charge in [0, 0.05) is 25.2 Å². The highest BCUT2D eigenvalue weighted by molar-refractivity contribution is 5.33. The van der Waals surface area contributed by atoms with E-state index in [9.17, 15) is 0 Å². The molecule has 0 aliphatic carbocycles. The van der Waals surface area contributed by atoms with Crippen LogP contribution in [0.4, 0.5) is 0 Å². The van der Waals surface area contributed by atoms with Crippen LogP contribution in [0.1, 0.15) is 5.56 Å². The number of ether oxygens (including phenoxy) is 1. The Bertz CT molecular complexity index is 333. The zero-order valence-corrected chi connectivity index (χ0v) is 8.57. The van der Waals surface area contributed by atoms with Crippen molar-refractivity contribution in [2.45, 2.75) is 6.54 Å². The van der Waals surface area contributed by atoms with E-state index in [0.29, 0.717) is 13.1 Å².